The number of halogens is 2. The lowest BCUT2D eigenvalue weighted by molar-refractivity contribution is 0.0696. The van der Waals surface area contributed by atoms with Gasteiger partial charge in [0.25, 0.3) is 0 Å². The minimum absolute atomic E-state index is 0.0124. The Labute approximate surface area is 111 Å². The fourth-order valence-corrected chi connectivity index (χ4v) is 2.13. The maximum atomic E-state index is 13.4. The minimum atomic E-state index is -1.07. The first-order chi connectivity index (χ1) is 8.56. The Morgan fingerprint density at radius 1 is 1.56 bits per heavy atom. The molecular weight excluding hydrogens is 279 g/mol. The van der Waals surface area contributed by atoms with Crippen LogP contribution in [0.2, 0.25) is 5.02 Å². The molecule has 2 N–H and O–H groups in total. The fourth-order valence-electron chi connectivity index (χ4n) is 1.31. The Morgan fingerprint density at radius 2 is 2.33 bits per heavy atom. The van der Waals surface area contributed by atoms with Crippen LogP contribution in [-0.2, 0) is 6.54 Å². The van der Waals surface area contributed by atoms with E-state index in [1.807, 2.05) is 0 Å². The van der Waals surface area contributed by atoms with Gasteiger partial charge >= 0.3 is 5.97 Å². The third kappa shape index (κ3) is 2.96. The van der Waals surface area contributed by atoms with Crippen LogP contribution in [-0.4, -0.2) is 16.1 Å². The lowest BCUT2D eigenvalue weighted by Gasteiger charge is -2.05. The average Bonchev–Trinajstić information content (AvgIpc) is 2.79. The van der Waals surface area contributed by atoms with Gasteiger partial charge in [-0.1, -0.05) is 11.6 Å². The number of rotatable bonds is 4. The molecule has 2 aromatic rings. The van der Waals surface area contributed by atoms with Crippen LogP contribution in [0.1, 0.15) is 15.5 Å². The van der Waals surface area contributed by atoms with E-state index in [1.54, 1.807) is 5.38 Å². The SMILES string of the molecule is O=C(O)c1nc(CNc2cc(Cl)ccc2F)cs1. The maximum Gasteiger partial charge on any atom is 0.365 e. The summed E-state index contributed by atoms with van der Waals surface area (Å²) >= 11 is 6.78. The smallest absolute Gasteiger partial charge is 0.365 e. The van der Waals surface area contributed by atoms with Crippen molar-refractivity contribution >= 4 is 34.6 Å². The highest BCUT2D eigenvalue weighted by atomic mass is 35.5. The molecule has 0 unspecified atom stereocenters. The van der Waals surface area contributed by atoms with Crippen LogP contribution in [0.4, 0.5) is 10.1 Å². The Kier molecular flexibility index (Phi) is 3.78. The first-order valence-electron chi connectivity index (χ1n) is 4.93. The molecular formula is C11H8ClFN2O2S. The number of aromatic carboxylic acids is 1. The normalized spacial score (nSPS) is 10.3. The van der Waals surface area contributed by atoms with Gasteiger partial charge in [-0.05, 0) is 18.2 Å². The van der Waals surface area contributed by atoms with Gasteiger partial charge in [-0.15, -0.1) is 11.3 Å². The van der Waals surface area contributed by atoms with Gasteiger partial charge in [-0.2, -0.15) is 0 Å². The molecule has 0 bridgehead atoms. The largest absolute Gasteiger partial charge is 0.476 e. The molecule has 1 aromatic carbocycles. The van der Waals surface area contributed by atoms with E-state index in [0.717, 1.165) is 11.3 Å². The lowest BCUT2D eigenvalue weighted by atomic mass is 10.3. The Morgan fingerprint density at radius 3 is 3.00 bits per heavy atom. The number of thiazole rings is 1. The summed E-state index contributed by atoms with van der Waals surface area (Å²) in [4.78, 5) is 14.5. The van der Waals surface area contributed by atoms with Crippen molar-refractivity contribution < 1.29 is 14.3 Å². The third-order valence-electron chi connectivity index (χ3n) is 2.12. The molecule has 0 spiro atoms. The summed E-state index contributed by atoms with van der Waals surface area (Å²) in [5.41, 5.74) is 0.796. The van der Waals surface area contributed by atoms with E-state index in [4.69, 9.17) is 16.7 Å². The first kappa shape index (κ1) is 12.8. The van der Waals surface area contributed by atoms with Crippen LogP contribution in [0.3, 0.4) is 0 Å². The molecule has 7 heteroatoms. The summed E-state index contributed by atoms with van der Waals surface area (Å²) in [6.07, 6.45) is 0. The van der Waals surface area contributed by atoms with Gasteiger partial charge in [0.05, 0.1) is 17.9 Å². The van der Waals surface area contributed by atoms with Crippen molar-refractivity contribution in [1.82, 2.24) is 4.98 Å². The van der Waals surface area contributed by atoms with E-state index in [2.05, 4.69) is 10.3 Å². The molecule has 0 aliphatic rings. The highest BCUT2D eigenvalue weighted by Crippen LogP contribution is 2.20. The number of carboxylic acids is 1. The van der Waals surface area contributed by atoms with Crippen molar-refractivity contribution in [2.75, 3.05) is 5.32 Å². The number of benzene rings is 1. The van der Waals surface area contributed by atoms with Crippen LogP contribution in [0.5, 0.6) is 0 Å². The number of nitrogens with one attached hydrogen (secondary N) is 1. The third-order valence-corrected chi connectivity index (χ3v) is 3.24. The summed E-state index contributed by atoms with van der Waals surface area (Å²) in [5.74, 6) is -1.49. The molecule has 0 radical (unpaired) electrons. The summed E-state index contributed by atoms with van der Waals surface area (Å²) in [6, 6.07) is 4.17. The van der Waals surface area contributed by atoms with Gasteiger partial charge in [0.15, 0.2) is 0 Å². The summed E-state index contributed by atoms with van der Waals surface area (Å²) in [7, 11) is 0. The van der Waals surface area contributed by atoms with Crippen molar-refractivity contribution in [3.05, 3.63) is 45.1 Å². The molecule has 0 saturated carbocycles. The van der Waals surface area contributed by atoms with E-state index < -0.39 is 11.8 Å². The molecule has 0 aliphatic carbocycles. The second-order valence-electron chi connectivity index (χ2n) is 3.43. The molecule has 0 fully saturated rings. The van der Waals surface area contributed by atoms with Gasteiger partial charge in [0.1, 0.15) is 5.82 Å². The number of anilines is 1. The monoisotopic (exact) mass is 286 g/mol. The number of nitrogens with zero attached hydrogens (tertiary/aromatic N) is 1. The standard InChI is InChI=1S/C11H8ClFN2O2S/c12-6-1-2-8(13)9(3-6)14-4-7-5-18-10(15-7)11(16)17/h1-3,5,14H,4H2,(H,16,17). The maximum absolute atomic E-state index is 13.4. The molecule has 1 heterocycles. The summed E-state index contributed by atoms with van der Waals surface area (Å²) < 4.78 is 13.4. The van der Waals surface area contributed by atoms with Crippen molar-refractivity contribution in [1.29, 1.82) is 0 Å². The van der Waals surface area contributed by atoms with Crippen LogP contribution in [0, 0.1) is 5.82 Å². The average molecular weight is 287 g/mol. The van der Waals surface area contributed by atoms with Crippen molar-refractivity contribution in [3.63, 3.8) is 0 Å². The molecule has 18 heavy (non-hydrogen) atoms. The summed E-state index contributed by atoms with van der Waals surface area (Å²) in [5, 5.41) is 13.6. The van der Waals surface area contributed by atoms with Gasteiger partial charge in [-0.25, -0.2) is 14.2 Å². The highest BCUT2D eigenvalue weighted by molar-refractivity contribution is 7.11. The van der Waals surface area contributed by atoms with Crippen molar-refractivity contribution in [2.24, 2.45) is 0 Å². The second-order valence-corrected chi connectivity index (χ2v) is 4.72. The first-order valence-corrected chi connectivity index (χ1v) is 6.18. The topological polar surface area (TPSA) is 62.2 Å². The van der Waals surface area contributed by atoms with E-state index in [0.29, 0.717) is 10.7 Å². The van der Waals surface area contributed by atoms with Gasteiger partial charge in [0, 0.05) is 10.4 Å². The predicted molar refractivity (Wildman–Crippen MR) is 67.8 cm³/mol. The number of carboxylic acid groups (broad SMARTS) is 1. The van der Waals surface area contributed by atoms with E-state index in [1.165, 1.54) is 18.2 Å². The van der Waals surface area contributed by atoms with Gasteiger partial charge in [0.2, 0.25) is 5.01 Å². The predicted octanol–water partition coefficient (Wildman–Crippen LogP) is 3.25. The fraction of sp³-hybridized carbons (Fsp3) is 0.0909. The van der Waals surface area contributed by atoms with Gasteiger partial charge in [-0.3, -0.25) is 0 Å². The Balaban J connectivity index is 2.06. The Bertz CT molecular complexity index is 588. The minimum Gasteiger partial charge on any atom is -0.476 e. The Hall–Kier alpha value is -1.66. The van der Waals surface area contributed by atoms with Crippen LogP contribution in [0.25, 0.3) is 0 Å². The zero-order valence-corrected chi connectivity index (χ0v) is 10.6. The van der Waals surface area contributed by atoms with Crippen LogP contribution in [0.15, 0.2) is 23.6 Å². The van der Waals surface area contributed by atoms with Gasteiger partial charge < -0.3 is 10.4 Å². The lowest BCUT2D eigenvalue weighted by Crippen LogP contribution is -2.03. The molecule has 4 nitrogen and oxygen atoms in total. The van der Waals surface area contributed by atoms with Crippen molar-refractivity contribution in [2.45, 2.75) is 6.54 Å². The molecule has 0 aliphatic heterocycles. The quantitative estimate of drug-likeness (QED) is 0.906. The zero-order chi connectivity index (χ0) is 13.1. The second kappa shape index (κ2) is 5.32. The molecule has 2 rings (SSSR count). The number of carbonyl (C=O) groups is 1. The van der Waals surface area contributed by atoms with Crippen LogP contribution < -0.4 is 5.32 Å². The van der Waals surface area contributed by atoms with Crippen molar-refractivity contribution in [3.8, 4) is 0 Å². The number of aromatic nitrogens is 1. The molecule has 0 amide bonds. The zero-order valence-electron chi connectivity index (χ0n) is 8.98. The highest BCUT2D eigenvalue weighted by Gasteiger charge is 2.09. The van der Waals surface area contributed by atoms with E-state index in [-0.39, 0.29) is 17.2 Å². The number of hydrogen-bond acceptors (Lipinski definition) is 4. The summed E-state index contributed by atoms with van der Waals surface area (Å²) in [6.45, 7) is 0.237. The molecule has 0 atom stereocenters. The molecule has 94 valence electrons. The number of hydrogen-bond donors (Lipinski definition) is 2. The molecule has 0 saturated heterocycles. The van der Waals surface area contributed by atoms with Crippen LogP contribution >= 0.6 is 22.9 Å². The molecule has 1 aromatic heterocycles. The van der Waals surface area contributed by atoms with E-state index in [9.17, 15) is 9.18 Å². The van der Waals surface area contributed by atoms with E-state index >= 15 is 0 Å².